The molecule has 0 aliphatic carbocycles. The van der Waals surface area contributed by atoms with Gasteiger partial charge in [0.1, 0.15) is 6.04 Å². The molecule has 2 rings (SSSR count). The summed E-state index contributed by atoms with van der Waals surface area (Å²) in [5.41, 5.74) is 1.48. The Hall–Kier alpha value is -1.50. The van der Waals surface area contributed by atoms with Crippen molar-refractivity contribution in [2.75, 3.05) is 18.6 Å². The third kappa shape index (κ3) is 3.78. The van der Waals surface area contributed by atoms with Crippen molar-refractivity contribution in [3.8, 4) is 0 Å². The summed E-state index contributed by atoms with van der Waals surface area (Å²) in [6.07, 6.45) is 5.44. The highest BCUT2D eigenvalue weighted by atomic mass is 35.5. The molecule has 1 aromatic carbocycles. The van der Waals surface area contributed by atoms with Crippen LogP contribution < -0.4 is 10.6 Å². The largest absolute Gasteiger partial charge is 0.324 e. The summed E-state index contributed by atoms with van der Waals surface area (Å²) in [7, 11) is 3.55. The van der Waals surface area contributed by atoms with E-state index in [9.17, 15) is 4.79 Å². The van der Waals surface area contributed by atoms with Gasteiger partial charge in [0.05, 0.1) is 11.2 Å². The van der Waals surface area contributed by atoms with Crippen molar-refractivity contribution in [3.63, 3.8) is 0 Å². The highest BCUT2D eigenvalue weighted by Gasteiger charge is 2.20. The SMILES string of the molecule is CNC(C(=O)Nc1ccc(SC)c(Cl)c1)c1cnn(C)c1. The predicted molar refractivity (Wildman–Crippen MR) is 86.9 cm³/mol. The Bertz CT molecular complexity index is 644. The standard InChI is InChI=1S/C14H17ClN4OS/c1-16-13(9-7-17-19(2)8-9)14(20)18-10-4-5-12(21-3)11(15)6-10/h4-8,13,16H,1-3H3,(H,18,20). The van der Waals surface area contributed by atoms with Crippen LogP contribution in [-0.2, 0) is 11.8 Å². The number of hydrogen-bond donors (Lipinski definition) is 2. The summed E-state index contributed by atoms with van der Waals surface area (Å²) in [4.78, 5) is 13.3. The molecule has 21 heavy (non-hydrogen) atoms. The molecule has 1 unspecified atom stereocenters. The van der Waals surface area contributed by atoms with Crippen molar-refractivity contribution in [1.29, 1.82) is 0 Å². The van der Waals surface area contributed by atoms with Gasteiger partial charge < -0.3 is 10.6 Å². The van der Waals surface area contributed by atoms with E-state index in [4.69, 9.17) is 11.6 Å². The number of rotatable bonds is 5. The van der Waals surface area contributed by atoms with Crippen molar-refractivity contribution < 1.29 is 4.79 Å². The van der Waals surface area contributed by atoms with Crippen LogP contribution in [0.15, 0.2) is 35.5 Å². The monoisotopic (exact) mass is 324 g/mol. The molecule has 1 heterocycles. The average molecular weight is 325 g/mol. The van der Waals surface area contributed by atoms with Crippen molar-refractivity contribution in [2.45, 2.75) is 10.9 Å². The third-order valence-electron chi connectivity index (χ3n) is 3.03. The first-order chi connectivity index (χ1) is 10.0. The zero-order valence-electron chi connectivity index (χ0n) is 12.1. The number of aryl methyl sites for hydroxylation is 1. The molecule has 0 fully saturated rings. The molecule has 0 radical (unpaired) electrons. The molecular weight excluding hydrogens is 308 g/mol. The molecule has 7 heteroatoms. The van der Waals surface area contributed by atoms with E-state index in [0.717, 1.165) is 10.5 Å². The summed E-state index contributed by atoms with van der Waals surface area (Å²) in [5, 5.41) is 10.6. The van der Waals surface area contributed by atoms with Gasteiger partial charge in [-0.05, 0) is 31.5 Å². The zero-order valence-corrected chi connectivity index (χ0v) is 13.6. The number of amides is 1. The van der Waals surface area contributed by atoms with E-state index in [1.165, 1.54) is 0 Å². The van der Waals surface area contributed by atoms with Crippen molar-refractivity contribution in [3.05, 3.63) is 41.2 Å². The Labute approximate surface area is 133 Å². The van der Waals surface area contributed by atoms with E-state index in [-0.39, 0.29) is 5.91 Å². The van der Waals surface area contributed by atoms with Gasteiger partial charge in [0, 0.05) is 29.4 Å². The lowest BCUT2D eigenvalue weighted by molar-refractivity contribution is -0.118. The Morgan fingerprint density at radius 1 is 1.48 bits per heavy atom. The molecule has 0 spiro atoms. The molecule has 0 saturated heterocycles. The second-order valence-corrected chi connectivity index (χ2v) is 5.76. The maximum absolute atomic E-state index is 12.4. The summed E-state index contributed by atoms with van der Waals surface area (Å²) >= 11 is 7.71. The number of benzene rings is 1. The number of aromatic nitrogens is 2. The van der Waals surface area contributed by atoms with E-state index in [1.807, 2.05) is 31.6 Å². The van der Waals surface area contributed by atoms with E-state index in [0.29, 0.717) is 10.7 Å². The maximum atomic E-state index is 12.4. The van der Waals surface area contributed by atoms with Crippen LogP contribution in [0.5, 0.6) is 0 Å². The van der Waals surface area contributed by atoms with Crippen molar-refractivity contribution in [1.82, 2.24) is 15.1 Å². The average Bonchev–Trinajstić information content (AvgIpc) is 2.86. The zero-order chi connectivity index (χ0) is 15.4. The number of carbonyl (C=O) groups excluding carboxylic acids is 1. The molecule has 1 atom stereocenters. The van der Waals surface area contributed by atoms with Crippen LogP contribution in [0.2, 0.25) is 5.02 Å². The van der Waals surface area contributed by atoms with Gasteiger partial charge in [-0.2, -0.15) is 5.10 Å². The van der Waals surface area contributed by atoms with Crippen molar-refractivity contribution in [2.24, 2.45) is 7.05 Å². The Balaban J connectivity index is 2.14. The third-order valence-corrected chi connectivity index (χ3v) is 4.25. The lowest BCUT2D eigenvalue weighted by atomic mass is 10.1. The van der Waals surface area contributed by atoms with E-state index >= 15 is 0 Å². The van der Waals surface area contributed by atoms with Crippen LogP contribution in [0.25, 0.3) is 0 Å². The quantitative estimate of drug-likeness (QED) is 0.830. The van der Waals surface area contributed by atoms with Crippen LogP contribution in [0.1, 0.15) is 11.6 Å². The molecule has 2 aromatic rings. The molecule has 5 nitrogen and oxygen atoms in total. The fourth-order valence-corrected chi connectivity index (χ4v) is 2.87. The normalized spacial score (nSPS) is 12.2. The molecule has 2 N–H and O–H groups in total. The smallest absolute Gasteiger partial charge is 0.246 e. The minimum absolute atomic E-state index is 0.154. The summed E-state index contributed by atoms with van der Waals surface area (Å²) in [6, 6.07) is 5.02. The van der Waals surface area contributed by atoms with Crippen LogP contribution in [0.3, 0.4) is 0 Å². The molecule has 1 amide bonds. The number of nitrogens with one attached hydrogen (secondary N) is 2. The number of nitrogens with zero attached hydrogens (tertiary/aromatic N) is 2. The van der Waals surface area contributed by atoms with Crippen LogP contribution >= 0.6 is 23.4 Å². The summed E-state index contributed by atoms with van der Waals surface area (Å²) < 4.78 is 1.66. The van der Waals surface area contributed by atoms with Gasteiger partial charge in [0.2, 0.25) is 5.91 Å². The number of thioether (sulfide) groups is 1. The summed E-state index contributed by atoms with van der Waals surface area (Å²) in [5.74, 6) is -0.154. The lowest BCUT2D eigenvalue weighted by Crippen LogP contribution is -2.30. The number of anilines is 1. The van der Waals surface area contributed by atoms with Gasteiger partial charge >= 0.3 is 0 Å². The van der Waals surface area contributed by atoms with Crippen molar-refractivity contribution >= 4 is 35.0 Å². The molecule has 0 bridgehead atoms. The highest BCUT2D eigenvalue weighted by molar-refractivity contribution is 7.98. The highest BCUT2D eigenvalue weighted by Crippen LogP contribution is 2.28. The second-order valence-electron chi connectivity index (χ2n) is 4.51. The van der Waals surface area contributed by atoms with Gasteiger partial charge in [-0.3, -0.25) is 9.48 Å². The first-order valence-electron chi connectivity index (χ1n) is 6.35. The van der Waals surface area contributed by atoms with Gasteiger partial charge in [0.25, 0.3) is 0 Å². The molecule has 112 valence electrons. The number of likely N-dealkylation sites (N-methyl/N-ethyl adjacent to an activating group) is 1. The number of halogens is 1. The first-order valence-corrected chi connectivity index (χ1v) is 7.95. The van der Waals surface area contributed by atoms with Crippen LogP contribution in [0, 0.1) is 0 Å². The van der Waals surface area contributed by atoms with Gasteiger partial charge in [-0.15, -0.1) is 11.8 Å². The molecule has 0 aliphatic heterocycles. The molecule has 0 saturated carbocycles. The van der Waals surface area contributed by atoms with E-state index in [2.05, 4.69) is 15.7 Å². The van der Waals surface area contributed by atoms with E-state index < -0.39 is 6.04 Å². The Morgan fingerprint density at radius 2 is 2.24 bits per heavy atom. The Morgan fingerprint density at radius 3 is 2.76 bits per heavy atom. The summed E-state index contributed by atoms with van der Waals surface area (Å²) in [6.45, 7) is 0. The topological polar surface area (TPSA) is 59.0 Å². The van der Waals surface area contributed by atoms with Crippen LogP contribution in [0.4, 0.5) is 5.69 Å². The van der Waals surface area contributed by atoms with Gasteiger partial charge in [0.15, 0.2) is 0 Å². The molecular formula is C14H17ClN4OS. The second kappa shape index (κ2) is 6.98. The maximum Gasteiger partial charge on any atom is 0.246 e. The van der Waals surface area contributed by atoms with Crippen LogP contribution in [-0.4, -0.2) is 29.0 Å². The van der Waals surface area contributed by atoms with Gasteiger partial charge in [-0.1, -0.05) is 11.6 Å². The molecule has 1 aromatic heterocycles. The first kappa shape index (κ1) is 15.9. The number of carbonyl (C=O) groups is 1. The number of hydrogen-bond acceptors (Lipinski definition) is 4. The minimum Gasteiger partial charge on any atom is -0.324 e. The molecule has 0 aliphatic rings. The van der Waals surface area contributed by atoms with E-state index in [1.54, 1.807) is 35.8 Å². The fraction of sp³-hybridized carbons (Fsp3) is 0.286. The Kier molecular flexibility index (Phi) is 5.27. The predicted octanol–water partition coefficient (Wildman–Crippen LogP) is 2.69. The fourth-order valence-electron chi connectivity index (χ4n) is 2.00. The lowest BCUT2D eigenvalue weighted by Gasteiger charge is -2.15. The minimum atomic E-state index is -0.460. The van der Waals surface area contributed by atoms with Gasteiger partial charge in [-0.25, -0.2) is 0 Å².